The summed E-state index contributed by atoms with van der Waals surface area (Å²) in [7, 11) is 1.88. The van der Waals surface area contributed by atoms with Crippen LogP contribution in [0, 0.1) is 0 Å². The van der Waals surface area contributed by atoms with Crippen molar-refractivity contribution in [3.63, 3.8) is 0 Å². The van der Waals surface area contributed by atoms with Crippen LogP contribution in [0.5, 0.6) is 0 Å². The van der Waals surface area contributed by atoms with E-state index < -0.39 is 0 Å². The van der Waals surface area contributed by atoms with Crippen molar-refractivity contribution in [2.75, 3.05) is 12.4 Å². The van der Waals surface area contributed by atoms with Gasteiger partial charge in [0.1, 0.15) is 5.69 Å². The molecule has 3 rings (SSSR count). The molecule has 1 aromatic carbocycles. The summed E-state index contributed by atoms with van der Waals surface area (Å²) in [5.74, 6) is 1.59. The fourth-order valence-electron chi connectivity index (χ4n) is 2.41. The van der Waals surface area contributed by atoms with Crippen LogP contribution in [0.25, 0.3) is 11.3 Å². The highest BCUT2D eigenvalue weighted by molar-refractivity contribution is 5.71. The predicted molar refractivity (Wildman–Crippen MR) is 73.6 cm³/mol. The van der Waals surface area contributed by atoms with Gasteiger partial charge in [0.15, 0.2) is 5.82 Å². The van der Waals surface area contributed by atoms with Crippen LogP contribution >= 0.6 is 0 Å². The normalized spacial score (nSPS) is 15.2. The molecule has 0 amide bonds. The molecule has 0 unspecified atom stereocenters. The molecule has 0 saturated heterocycles. The van der Waals surface area contributed by atoms with Crippen LogP contribution in [0.2, 0.25) is 0 Å². The van der Waals surface area contributed by atoms with E-state index in [1.807, 2.05) is 7.05 Å². The monoisotopic (exact) mass is 239 g/mol. The molecule has 1 fully saturated rings. The van der Waals surface area contributed by atoms with E-state index >= 15 is 0 Å². The summed E-state index contributed by atoms with van der Waals surface area (Å²) in [6, 6.07) is 8.71. The molecule has 0 radical (unpaired) electrons. The van der Waals surface area contributed by atoms with Crippen molar-refractivity contribution in [1.82, 2.24) is 9.97 Å². The van der Waals surface area contributed by atoms with Crippen LogP contribution in [0.3, 0.4) is 0 Å². The highest BCUT2D eigenvalue weighted by Gasteiger charge is 2.20. The second kappa shape index (κ2) is 4.77. The van der Waals surface area contributed by atoms with Gasteiger partial charge in [0.25, 0.3) is 0 Å². The quantitative estimate of drug-likeness (QED) is 0.891. The van der Waals surface area contributed by atoms with Crippen LogP contribution < -0.4 is 5.32 Å². The molecular weight excluding hydrogens is 222 g/mol. The molecular formula is C15H17N3. The van der Waals surface area contributed by atoms with Crippen LogP contribution in [0.1, 0.15) is 30.7 Å². The van der Waals surface area contributed by atoms with Gasteiger partial charge in [-0.25, -0.2) is 4.98 Å². The van der Waals surface area contributed by atoms with Gasteiger partial charge in [0.05, 0.1) is 0 Å². The zero-order chi connectivity index (χ0) is 12.4. The lowest BCUT2D eigenvalue weighted by molar-refractivity contribution is 0.420. The van der Waals surface area contributed by atoms with E-state index in [-0.39, 0.29) is 0 Å². The Balaban J connectivity index is 2.00. The molecule has 1 N–H and O–H groups in total. The third-order valence-electron chi connectivity index (χ3n) is 3.67. The number of benzene rings is 1. The van der Waals surface area contributed by atoms with Gasteiger partial charge >= 0.3 is 0 Å². The number of nitrogens with one attached hydrogen (secondary N) is 1. The standard InChI is InChI=1S/C15H17N3/c1-16-15-14(17-8-9-18-15)13-7-3-6-12(10-13)11-4-2-5-11/h3,6-11H,2,4-5H2,1H3,(H,16,18). The molecule has 0 spiro atoms. The minimum Gasteiger partial charge on any atom is -0.371 e. The Morgan fingerprint density at radius 2 is 2.00 bits per heavy atom. The molecule has 0 aliphatic heterocycles. The summed E-state index contributed by atoms with van der Waals surface area (Å²) < 4.78 is 0. The van der Waals surface area contributed by atoms with Crippen LogP contribution in [-0.2, 0) is 0 Å². The lowest BCUT2D eigenvalue weighted by Gasteiger charge is -2.26. The first-order valence-corrected chi connectivity index (χ1v) is 6.47. The van der Waals surface area contributed by atoms with E-state index in [9.17, 15) is 0 Å². The van der Waals surface area contributed by atoms with E-state index in [2.05, 4.69) is 39.6 Å². The summed E-state index contributed by atoms with van der Waals surface area (Å²) in [5.41, 5.74) is 3.52. The Morgan fingerprint density at radius 3 is 2.72 bits per heavy atom. The van der Waals surface area contributed by atoms with Gasteiger partial charge < -0.3 is 5.32 Å². The Morgan fingerprint density at radius 1 is 1.17 bits per heavy atom. The van der Waals surface area contributed by atoms with E-state index in [1.54, 1.807) is 12.4 Å². The maximum atomic E-state index is 4.44. The molecule has 3 heteroatoms. The highest BCUT2D eigenvalue weighted by atomic mass is 15.0. The smallest absolute Gasteiger partial charge is 0.152 e. The van der Waals surface area contributed by atoms with Gasteiger partial charge in [-0.3, -0.25) is 4.98 Å². The Labute approximate surface area is 107 Å². The molecule has 1 aromatic heterocycles. The lowest BCUT2D eigenvalue weighted by atomic mass is 9.79. The minimum absolute atomic E-state index is 0.750. The van der Waals surface area contributed by atoms with Gasteiger partial charge in [0.2, 0.25) is 0 Å². The van der Waals surface area contributed by atoms with E-state index in [4.69, 9.17) is 0 Å². The maximum Gasteiger partial charge on any atom is 0.152 e. The number of aromatic nitrogens is 2. The molecule has 1 saturated carbocycles. The molecule has 1 aliphatic carbocycles. The number of hydrogen-bond acceptors (Lipinski definition) is 3. The zero-order valence-corrected chi connectivity index (χ0v) is 10.6. The second-order valence-electron chi connectivity index (χ2n) is 4.76. The molecule has 1 aliphatic rings. The zero-order valence-electron chi connectivity index (χ0n) is 10.6. The van der Waals surface area contributed by atoms with Gasteiger partial charge in [-0.1, -0.05) is 24.6 Å². The first-order valence-electron chi connectivity index (χ1n) is 6.47. The number of nitrogens with zero attached hydrogens (tertiary/aromatic N) is 2. The first kappa shape index (κ1) is 11.2. The molecule has 18 heavy (non-hydrogen) atoms. The van der Waals surface area contributed by atoms with Gasteiger partial charge in [-0.05, 0) is 30.4 Å². The summed E-state index contributed by atoms with van der Waals surface area (Å²) >= 11 is 0. The SMILES string of the molecule is CNc1nccnc1-c1cccc(C2CCC2)c1. The van der Waals surface area contributed by atoms with Gasteiger partial charge in [-0.2, -0.15) is 0 Å². The number of hydrogen-bond donors (Lipinski definition) is 1. The molecule has 0 bridgehead atoms. The summed E-state index contributed by atoms with van der Waals surface area (Å²) in [6.07, 6.45) is 7.46. The van der Waals surface area contributed by atoms with Crippen molar-refractivity contribution in [2.45, 2.75) is 25.2 Å². The second-order valence-corrected chi connectivity index (χ2v) is 4.76. The summed E-state index contributed by atoms with van der Waals surface area (Å²) in [4.78, 5) is 8.75. The lowest BCUT2D eigenvalue weighted by Crippen LogP contribution is -2.08. The molecule has 1 heterocycles. The van der Waals surface area contributed by atoms with Crippen LogP contribution in [-0.4, -0.2) is 17.0 Å². The highest BCUT2D eigenvalue weighted by Crippen LogP contribution is 2.37. The van der Waals surface area contributed by atoms with Crippen molar-refractivity contribution in [3.05, 3.63) is 42.2 Å². The van der Waals surface area contributed by atoms with Crippen LogP contribution in [0.15, 0.2) is 36.7 Å². The van der Waals surface area contributed by atoms with Crippen molar-refractivity contribution < 1.29 is 0 Å². The van der Waals surface area contributed by atoms with Crippen LogP contribution in [0.4, 0.5) is 5.82 Å². The topological polar surface area (TPSA) is 37.8 Å². The Kier molecular flexibility index (Phi) is 2.97. The summed E-state index contributed by atoms with van der Waals surface area (Å²) in [6.45, 7) is 0. The average Bonchev–Trinajstić information content (AvgIpc) is 2.37. The first-order chi connectivity index (χ1) is 8.88. The molecule has 2 aromatic rings. The molecule has 92 valence electrons. The fourth-order valence-corrected chi connectivity index (χ4v) is 2.41. The van der Waals surface area contributed by atoms with Crippen molar-refractivity contribution >= 4 is 5.82 Å². The van der Waals surface area contributed by atoms with Crippen molar-refractivity contribution in [3.8, 4) is 11.3 Å². The average molecular weight is 239 g/mol. The third kappa shape index (κ3) is 1.96. The summed E-state index contributed by atoms with van der Waals surface area (Å²) in [5, 5.41) is 3.10. The van der Waals surface area contributed by atoms with Gasteiger partial charge in [0, 0.05) is 25.0 Å². The van der Waals surface area contributed by atoms with E-state index in [1.165, 1.54) is 24.8 Å². The Hall–Kier alpha value is -1.90. The fraction of sp³-hybridized carbons (Fsp3) is 0.333. The Bertz CT molecular complexity index is 547. The number of rotatable bonds is 3. The maximum absolute atomic E-state index is 4.44. The van der Waals surface area contributed by atoms with Gasteiger partial charge in [-0.15, -0.1) is 0 Å². The predicted octanol–water partition coefficient (Wildman–Crippen LogP) is 3.45. The largest absolute Gasteiger partial charge is 0.371 e. The molecule has 3 nitrogen and oxygen atoms in total. The number of anilines is 1. The molecule has 0 atom stereocenters. The van der Waals surface area contributed by atoms with Crippen molar-refractivity contribution in [2.24, 2.45) is 0 Å². The van der Waals surface area contributed by atoms with E-state index in [0.717, 1.165) is 23.0 Å². The van der Waals surface area contributed by atoms with E-state index in [0.29, 0.717) is 0 Å². The van der Waals surface area contributed by atoms with Crippen molar-refractivity contribution in [1.29, 1.82) is 0 Å². The third-order valence-corrected chi connectivity index (χ3v) is 3.67. The minimum atomic E-state index is 0.750.